The van der Waals surface area contributed by atoms with Crippen LogP contribution in [-0.2, 0) is 0 Å². The Morgan fingerprint density at radius 1 is 0.704 bits per heavy atom. The van der Waals surface area contributed by atoms with Crippen molar-refractivity contribution in [2.45, 2.75) is 60.3 Å². The fourth-order valence-corrected chi connectivity index (χ4v) is 3.75. The molecule has 0 amide bonds. The Morgan fingerprint density at radius 3 is 1.70 bits per heavy atom. The van der Waals surface area contributed by atoms with Crippen molar-refractivity contribution < 1.29 is 2.74 Å². The number of rotatable bonds is 4. The number of aromatic nitrogens is 1. The Hall–Kier alpha value is -2.41. The summed E-state index contributed by atoms with van der Waals surface area (Å²) in [6.07, 6.45) is 0. The summed E-state index contributed by atoms with van der Waals surface area (Å²) >= 11 is 0. The minimum atomic E-state index is -0.718. The van der Waals surface area contributed by atoms with Gasteiger partial charge in [0.1, 0.15) is 0 Å². The minimum absolute atomic E-state index is 0.718. The summed E-state index contributed by atoms with van der Waals surface area (Å²) in [6.45, 7) is 13.7. The molecule has 0 saturated carbocycles. The minimum Gasteiger partial charge on any atom is -0.258 e. The van der Waals surface area contributed by atoms with E-state index in [0.717, 1.165) is 50.3 Å². The summed E-state index contributed by atoms with van der Waals surface area (Å²) < 4.78 is 17.2. The van der Waals surface area contributed by atoms with Crippen LogP contribution in [-0.4, -0.2) is 4.98 Å². The van der Waals surface area contributed by atoms with E-state index in [0.29, 0.717) is 0 Å². The highest BCUT2D eigenvalue weighted by Gasteiger charge is 2.14. The van der Waals surface area contributed by atoms with Crippen LogP contribution in [0.3, 0.4) is 0 Å². The van der Waals surface area contributed by atoms with Gasteiger partial charge in [-0.05, 0) is 72.0 Å². The molecule has 27 heavy (non-hydrogen) atoms. The normalized spacial score (nSPS) is 13.3. The molecule has 0 bridgehead atoms. The highest BCUT2D eigenvalue weighted by molar-refractivity contribution is 5.72. The summed E-state index contributed by atoms with van der Waals surface area (Å²) in [6, 6.07) is 16.9. The van der Waals surface area contributed by atoms with E-state index in [1.807, 2.05) is 54.5 Å². The van der Waals surface area contributed by atoms with Gasteiger partial charge in [0.25, 0.3) is 0 Å². The van der Waals surface area contributed by atoms with Crippen molar-refractivity contribution >= 4 is 0 Å². The molecule has 2 aromatic carbocycles. The molecule has 3 aromatic rings. The number of pyridine rings is 1. The molecule has 0 fully saturated rings. The first-order valence-electron chi connectivity index (χ1n) is 10.6. The number of hydrogen-bond donors (Lipinski definition) is 0. The molecule has 0 unspecified atom stereocenters. The highest BCUT2D eigenvalue weighted by atomic mass is 14.7. The second-order valence-corrected chi connectivity index (χ2v) is 7.86. The monoisotopic (exact) mass is 359 g/mol. The first-order valence-corrected chi connectivity index (χ1v) is 9.58. The van der Waals surface area contributed by atoms with Crippen LogP contribution in [0.1, 0.15) is 70.3 Å². The lowest BCUT2D eigenvalue weighted by atomic mass is 9.86. The smallest absolute Gasteiger partial charge is 0.0454 e. The maximum Gasteiger partial charge on any atom is 0.0454 e. The van der Waals surface area contributed by atoms with E-state index in [1.165, 1.54) is 0 Å². The van der Waals surface area contributed by atoms with Crippen LogP contribution in [0.15, 0.2) is 48.5 Å². The molecule has 0 radical (unpaired) electrons. The third kappa shape index (κ3) is 3.98. The van der Waals surface area contributed by atoms with Crippen LogP contribution in [0.25, 0.3) is 22.3 Å². The molecular formula is C26H31N. The molecule has 0 spiro atoms. The zero-order valence-electron chi connectivity index (χ0n) is 19.6. The third-order valence-corrected chi connectivity index (χ3v) is 5.24. The summed E-state index contributed by atoms with van der Waals surface area (Å²) in [7, 11) is 0. The second kappa shape index (κ2) is 7.68. The van der Waals surface area contributed by atoms with Crippen molar-refractivity contribution in [3.05, 3.63) is 76.6 Å². The van der Waals surface area contributed by atoms with Crippen LogP contribution in [0.5, 0.6) is 0 Å². The average molecular weight is 360 g/mol. The summed E-state index contributed by atoms with van der Waals surface area (Å²) in [5, 5.41) is 0. The Labute approximate surface area is 167 Å². The standard InChI is InChI=1S/C26H31N/c1-16(2)25-14-23(15-26(17(3)4)19(25)6)21-9-11-22(12-10-21)24-13-8-18(5)27-20(24)7/h8-17H,1-7H3/i16D,17D. The quantitative estimate of drug-likeness (QED) is 0.467. The molecule has 0 N–H and O–H groups in total. The van der Waals surface area contributed by atoms with Crippen molar-refractivity contribution in [2.24, 2.45) is 0 Å². The zero-order chi connectivity index (χ0) is 21.6. The van der Waals surface area contributed by atoms with Gasteiger partial charge < -0.3 is 0 Å². The first-order chi connectivity index (χ1) is 13.4. The van der Waals surface area contributed by atoms with Crippen molar-refractivity contribution in [2.75, 3.05) is 0 Å². The lowest BCUT2D eigenvalue weighted by Gasteiger charge is -2.19. The molecule has 0 aliphatic rings. The summed E-state index contributed by atoms with van der Waals surface area (Å²) in [5.74, 6) is -1.44. The van der Waals surface area contributed by atoms with Crippen LogP contribution in [0, 0.1) is 20.8 Å². The SMILES string of the molecule is [2H]C(C)(C)c1cc(-c2ccc(-c3ccc(C)nc3C)cc2)cc(C([2H])(C)C)c1C. The predicted octanol–water partition coefficient (Wildman–Crippen LogP) is 7.59. The van der Waals surface area contributed by atoms with Gasteiger partial charge in [-0.1, -0.05) is 70.2 Å². The van der Waals surface area contributed by atoms with Crippen molar-refractivity contribution in [1.29, 1.82) is 0 Å². The number of aryl methyl sites for hydroxylation is 2. The molecule has 3 rings (SSSR count). The molecule has 140 valence electrons. The predicted molar refractivity (Wildman–Crippen MR) is 117 cm³/mol. The van der Waals surface area contributed by atoms with Crippen LogP contribution in [0.2, 0.25) is 0 Å². The Morgan fingerprint density at radius 2 is 1.22 bits per heavy atom. The topological polar surface area (TPSA) is 12.9 Å². The molecule has 1 heteroatoms. The van der Waals surface area contributed by atoms with E-state index in [-0.39, 0.29) is 0 Å². The number of hydrogen-bond acceptors (Lipinski definition) is 1. The number of benzene rings is 2. The van der Waals surface area contributed by atoms with Gasteiger partial charge in [0.15, 0.2) is 0 Å². The van der Waals surface area contributed by atoms with Crippen LogP contribution < -0.4 is 0 Å². The molecule has 0 saturated heterocycles. The third-order valence-electron chi connectivity index (χ3n) is 5.24. The highest BCUT2D eigenvalue weighted by Crippen LogP contribution is 2.34. The van der Waals surface area contributed by atoms with Crippen LogP contribution in [0.4, 0.5) is 0 Å². The fourth-order valence-electron chi connectivity index (χ4n) is 3.75. The average Bonchev–Trinajstić information content (AvgIpc) is 2.60. The number of nitrogens with zero attached hydrogens (tertiary/aromatic N) is 1. The summed E-state index contributed by atoms with van der Waals surface area (Å²) in [5.41, 5.74) is 9.52. The molecule has 0 aliphatic heterocycles. The molecule has 0 atom stereocenters. The molecule has 1 aromatic heterocycles. The van der Waals surface area contributed by atoms with Crippen molar-refractivity contribution in [1.82, 2.24) is 4.98 Å². The van der Waals surface area contributed by atoms with E-state index in [9.17, 15) is 0 Å². The largest absolute Gasteiger partial charge is 0.258 e. The van der Waals surface area contributed by atoms with Gasteiger partial charge in [-0.25, -0.2) is 0 Å². The van der Waals surface area contributed by atoms with E-state index >= 15 is 0 Å². The maximum atomic E-state index is 8.59. The Bertz CT molecular complexity index is 1000. The molecule has 1 nitrogen and oxygen atoms in total. The van der Waals surface area contributed by atoms with Gasteiger partial charge in [-0.2, -0.15) is 0 Å². The molecule has 0 aliphatic carbocycles. The van der Waals surface area contributed by atoms with Gasteiger partial charge in [-0.3, -0.25) is 4.98 Å². The van der Waals surface area contributed by atoms with Crippen molar-refractivity contribution in [3.63, 3.8) is 0 Å². The fraction of sp³-hybridized carbons (Fsp3) is 0.346. The van der Waals surface area contributed by atoms with Gasteiger partial charge >= 0.3 is 0 Å². The Balaban J connectivity index is 2.11. The lowest BCUT2D eigenvalue weighted by molar-refractivity contribution is 0.818. The van der Waals surface area contributed by atoms with Gasteiger partial charge in [0.05, 0.1) is 0 Å². The van der Waals surface area contributed by atoms with E-state index < -0.39 is 11.8 Å². The Kier molecular flexibility index (Phi) is 4.76. The summed E-state index contributed by atoms with van der Waals surface area (Å²) in [4.78, 5) is 4.58. The first kappa shape index (κ1) is 16.7. The van der Waals surface area contributed by atoms with Gasteiger partial charge in [-0.15, -0.1) is 0 Å². The van der Waals surface area contributed by atoms with Gasteiger partial charge in [0, 0.05) is 19.7 Å². The van der Waals surface area contributed by atoms with E-state index in [1.54, 1.807) is 0 Å². The zero-order valence-corrected chi connectivity index (χ0v) is 17.6. The maximum absolute atomic E-state index is 8.59. The van der Waals surface area contributed by atoms with Crippen molar-refractivity contribution in [3.8, 4) is 22.3 Å². The molecular weight excluding hydrogens is 326 g/mol. The van der Waals surface area contributed by atoms with E-state index in [4.69, 9.17) is 2.74 Å². The second-order valence-electron chi connectivity index (χ2n) is 7.86. The molecule has 1 heterocycles. The lowest BCUT2D eigenvalue weighted by Crippen LogP contribution is -2.00. The van der Waals surface area contributed by atoms with E-state index in [2.05, 4.69) is 47.4 Å². The van der Waals surface area contributed by atoms with Crippen LogP contribution >= 0.6 is 0 Å². The van der Waals surface area contributed by atoms with Gasteiger partial charge in [0.2, 0.25) is 0 Å².